The van der Waals surface area contributed by atoms with Crippen molar-refractivity contribution >= 4 is 11.3 Å². The molecule has 1 N–H and O–H groups in total. The van der Waals surface area contributed by atoms with Crippen molar-refractivity contribution in [3.8, 4) is 0 Å². The number of nitrogens with one attached hydrogen (secondary N) is 1. The molecule has 0 saturated carbocycles. The lowest BCUT2D eigenvalue weighted by Crippen LogP contribution is -2.35. The zero-order valence-electron chi connectivity index (χ0n) is 13.6. The summed E-state index contributed by atoms with van der Waals surface area (Å²) in [6.45, 7) is 11.2. The van der Waals surface area contributed by atoms with Gasteiger partial charge >= 0.3 is 0 Å². The second-order valence-corrected chi connectivity index (χ2v) is 7.56. The molecule has 0 radical (unpaired) electrons. The highest BCUT2D eigenvalue weighted by Crippen LogP contribution is 2.16. The first-order valence-electron chi connectivity index (χ1n) is 7.54. The van der Waals surface area contributed by atoms with Crippen molar-refractivity contribution in [1.82, 2.24) is 15.2 Å². The van der Waals surface area contributed by atoms with Crippen LogP contribution in [0.1, 0.15) is 37.9 Å². The number of thiazole rings is 1. The van der Waals surface area contributed by atoms with Gasteiger partial charge in [0.15, 0.2) is 0 Å². The molecule has 0 saturated heterocycles. The Morgan fingerprint density at radius 3 is 2.86 bits per heavy atom. The Balaban J connectivity index is 1.81. The summed E-state index contributed by atoms with van der Waals surface area (Å²) in [7, 11) is 1.76. The van der Waals surface area contributed by atoms with Gasteiger partial charge in [0.1, 0.15) is 5.01 Å². The highest BCUT2D eigenvalue weighted by atomic mass is 32.1. The minimum atomic E-state index is 0.140. The molecule has 0 bridgehead atoms. The van der Waals surface area contributed by atoms with Crippen LogP contribution in [-0.2, 0) is 17.8 Å². The van der Waals surface area contributed by atoms with Crippen molar-refractivity contribution in [2.45, 2.75) is 45.8 Å². The number of methoxy groups -OCH3 is 1. The summed E-state index contributed by atoms with van der Waals surface area (Å²) >= 11 is 1.75. The molecule has 4 nitrogen and oxygen atoms in total. The Morgan fingerprint density at radius 2 is 2.24 bits per heavy atom. The van der Waals surface area contributed by atoms with Crippen LogP contribution >= 0.6 is 11.3 Å². The molecule has 118 valence electrons. The number of hydrogen-bond acceptors (Lipinski definition) is 5. The van der Waals surface area contributed by atoms with E-state index in [0.717, 1.165) is 39.2 Å². The second-order valence-electron chi connectivity index (χ2n) is 6.62. The van der Waals surface area contributed by atoms with Crippen molar-refractivity contribution < 1.29 is 4.74 Å². The highest BCUT2D eigenvalue weighted by molar-refractivity contribution is 7.09. The predicted molar refractivity (Wildman–Crippen MR) is 88.6 cm³/mol. The minimum absolute atomic E-state index is 0.140. The van der Waals surface area contributed by atoms with E-state index in [2.05, 4.69) is 42.4 Å². The molecule has 0 fully saturated rings. The molecule has 1 aromatic rings. The van der Waals surface area contributed by atoms with Gasteiger partial charge in [-0.05, 0) is 32.8 Å². The Kier molecular flexibility index (Phi) is 5.93. The van der Waals surface area contributed by atoms with Crippen molar-refractivity contribution in [3.63, 3.8) is 0 Å². The van der Waals surface area contributed by atoms with Crippen molar-refractivity contribution in [2.24, 2.45) is 0 Å². The van der Waals surface area contributed by atoms with Gasteiger partial charge < -0.3 is 10.1 Å². The molecule has 2 heterocycles. The van der Waals surface area contributed by atoms with Gasteiger partial charge in [-0.15, -0.1) is 11.3 Å². The molecule has 0 atom stereocenters. The van der Waals surface area contributed by atoms with Gasteiger partial charge in [-0.2, -0.15) is 0 Å². The highest BCUT2D eigenvalue weighted by Gasteiger charge is 2.14. The van der Waals surface area contributed by atoms with E-state index in [9.17, 15) is 0 Å². The Morgan fingerprint density at radius 1 is 1.43 bits per heavy atom. The summed E-state index contributed by atoms with van der Waals surface area (Å²) in [5.41, 5.74) is 2.75. The van der Waals surface area contributed by atoms with Gasteiger partial charge in [-0.1, -0.05) is 6.08 Å². The van der Waals surface area contributed by atoms with Crippen LogP contribution in [0, 0.1) is 0 Å². The van der Waals surface area contributed by atoms with Crippen molar-refractivity contribution in [2.75, 3.05) is 26.8 Å². The van der Waals surface area contributed by atoms with Crippen LogP contribution in [0.4, 0.5) is 0 Å². The maximum atomic E-state index is 5.19. The quantitative estimate of drug-likeness (QED) is 0.820. The standard InChI is InChI=1S/C16H27N3OS/c1-16(2,3)17-9-15-18-14(12-21-15)10-19-7-5-13(6-8-19)11-20-4/h5,12,17H,6-11H2,1-4H3. The lowest BCUT2D eigenvalue weighted by atomic mass is 10.1. The minimum Gasteiger partial charge on any atom is -0.380 e. The zero-order valence-corrected chi connectivity index (χ0v) is 14.4. The first-order chi connectivity index (χ1) is 9.96. The number of nitrogens with zero attached hydrogens (tertiary/aromatic N) is 2. The van der Waals surface area contributed by atoms with Gasteiger partial charge in [0, 0.05) is 44.2 Å². The molecule has 2 rings (SSSR count). The topological polar surface area (TPSA) is 37.4 Å². The molecule has 1 aromatic heterocycles. The fraction of sp³-hybridized carbons (Fsp3) is 0.688. The molecule has 5 heteroatoms. The number of rotatable bonds is 6. The number of ether oxygens (including phenoxy) is 1. The second kappa shape index (κ2) is 7.49. The summed E-state index contributed by atoms with van der Waals surface area (Å²) in [5.74, 6) is 0. The van der Waals surface area contributed by atoms with Crippen molar-refractivity contribution in [1.29, 1.82) is 0 Å². The first-order valence-corrected chi connectivity index (χ1v) is 8.42. The van der Waals surface area contributed by atoms with Gasteiger partial charge in [-0.3, -0.25) is 4.90 Å². The maximum Gasteiger partial charge on any atom is 0.107 e. The lowest BCUT2D eigenvalue weighted by molar-refractivity contribution is 0.210. The van der Waals surface area contributed by atoms with E-state index in [-0.39, 0.29) is 5.54 Å². The van der Waals surface area contributed by atoms with Crippen LogP contribution in [0.2, 0.25) is 0 Å². The molecule has 21 heavy (non-hydrogen) atoms. The summed E-state index contributed by atoms with van der Waals surface area (Å²) < 4.78 is 5.19. The third-order valence-electron chi connectivity index (χ3n) is 3.47. The van der Waals surface area contributed by atoms with E-state index in [1.165, 1.54) is 16.3 Å². The third-order valence-corrected chi connectivity index (χ3v) is 4.37. The van der Waals surface area contributed by atoms with E-state index < -0.39 is 0 Å². The SMILES string of the molecule is COCC1=CCN(Cc2csc(CNC(C)(C)C)n2)CC1. The number of hydrogen-bond donors (Lipinski definition) is 1. The van der Waals surface area contributed by atoms with Crippen LogP contribution < -0.4 is 5.32 Å². The van der Waals surface area contributed by atoms with Crippen LogP contribution in [0.15, 0.2) is 17.0 Å². The van der Waals surface area contributed by atoms with E-state index >= 15 is 0 Å². The monoisotopic (exact) mass is 309 g/mol. The van der Waals surface area contributed by atoms with Gasteiger partial charge in [0.25, 0.3) is 0 Å². The van der Waals surface area contributed by atoms with E-state index in [4.69, 9.17) is 9.72 Å². The first kappa shape index (κ1) is 16.6. The summed E-state index contributed by atoms with van der Waals surface area (Å²) in [6, 6.07) is 0. The van der Waals surface area contributed by atoms with Crippen LogP contribution in [0.25, 0.3) is 0 Å². The van der Waals surface area contributed by atoms with Crippen molar-refractivity contribution in [3.05, 3.63) is 27.7 Å². The van der Waals surface area contributed by atoms with Gasteiger partial charge in [0.2, 0.25) is 0 Å². The average molecular weight is 309 g/mol. The molecular weight excluding hydrogens is 282 g/mol. The molecule has 0 aliphatic carbocycles. The zero-order chi connectivity index (χ0) is 15.3. The lowest BCUT2D eigenvalue weighted by Gasteiger charge is -2.25. The third kappa shape index (κ3) is 5.87. The fourth-order valence-electron chi connectivity index (χ4n) is 2.29. The van der Waals surface area contributed by atoms with Gasteiger partial charge in [-0.25, -0.2) is 4.98 Å². The molecule has 0 amide bonds. The maximum absolute atomic E-state index is 5.19. The Bertz CT molecular complexity index is 476. The molecule has 0 spiro atoms. The van der Waals surface area contributed by atoms with E-state index in [1.807, 2.05) is 0 Å². The molecular formula is C16H27N3OS. The summed E-state index contributed by atoms with van der Waals surface area (Å²) in [5, 5.41) is 6.85. The van der Waals surface area contributed by atoms with Gasteiger partial charge in [0.05, 0.1) is 12.3 Å². The fourth-order valence-corrected chi connectivity index (χ4v) is 3.01. The summed E-state index contributed by atoms with van der Waals surface area (Å²) in [6.07, 6.45) is 3.40. The van der Waals surface area contributed by atoms with Crippen LogP contribution in [-0.4, -0.2) is 42.2 Å². The summed E-state index contributed by atoms with van der Waals surface area (Å²) in [4.78, 5) is 7.17. The van der Waals surface area contributed by atoms with Crippen LogP contribution in [0.3, 0.4) is 0 Å². The Hall–Kier alpha value is -0.750. The van der Waals surface area contributed by atoms with Crippen LogP contribution in [0.5, 0.6) is 0 Å². The van der Waals surface area contributed by atoms with E-state index in [0.29, 0.717) is 0 Å². The largest absolute Gasteiger partial charge is 0.380 e. The smallest absolute Gasteiger partial charge is 0.107 e. The Labute approximate surface area is 132 Å². The normalized spacial score (nSPS) is 17.0. The molecule has 0 unspecified atom stereocenters. The molecule has 1 aliphatic rings. The average Bonchev–Trinajstić information content (AvgIpc) is 2.86. The molecule has 1 aliphatic heterocycles. The van der Waals surface area contributed by atoms with E-state index in [1.54, 1.807) is 18.4 Å². The molecule has 0 aromatic carbocycles. The number of aromatic nitrogens is 1. The predicted octanol–water partition coefficient (Wildman–Crippen LogP) is 2.81.